The van der Waals surface area contributed by atoms with Crippen LogP contribution in [0, 0.1) is 11.3 Å². The van der Waals surface area contributed by atoms with Gasteiger partial charge < -0.3 is 5.32 Å². The van der Waals surface area contributed by atoms with Crippen molar-refractivity contribution in [1.29, 1.82) is 5.26 Å². The van der Waals surface area contributed by atoms with Gasteiger partial charge in [-0.25, -0.2) is 8.42 Å². The monoisotopic (exact) mass is 265 g/mol. The van der Waals surface area contributed by atoms with Crippen LogP contribution in [0.4, 0.5) is 0 Å². The zero-order valence-electron chi connectivity index (χ0n) is 9.46. The number of rotatable bonds is 2. The number of nitrogens with zero attached hydrogens (tertiary/aromatic N) is 2. The maximum atomic E-state index is 12.2. The Morgan fingerprint density at radius 1 is 1.39 bits per heavy atom. The molecule has 2 rings (SSSR count). The molecule has 0 bridgehead atoms. The lowest BCUT2D eigenvalue weighted by atomic mass is 10.2. The predicted molar refractivity (Wildman–Crippen MR) is 62.9 cm³/mol. The molecule has 1 fully saturated rings. The van der Waals surface area contributed by atoms with Crippen molar-refractivity contribution in [1.82, 2.24) is 9.62 Å². The standard InChI is InChI=1S/C11H11N3O3S/c12-7-9-2-1-3-10(6-9)18(16,17)14-5-4-13-11(15)8-14/h1-3,6H,4-5,8H2,(H,13,15). The third-order valence-electron chi connectivity index (χ3n) is 2.60. The molecule has 1 saturated heterocycles. The number of hydrogen-bond donors (Lipinski definition) is 1. The summed E-state index contributed by atoms with van der Waals surface area (Å²) in [5.41, 5.74) is 0.275. The average molecular weight is 265 g/mol. The minimum absolute atomic E-state index is 0.0382. The average Bonchev–Trinajstić information content (AvgIpc) is 2.39. The molecule has 1 N–H and O–H groups in total. The number of amides is 1. The highest BCUT2D eigenvalue weighted by Gasteiger charge is 2.29. The molecule has 18 heavy (non-hydrogen) atoms. The van der Waals surface area contributed by atoms with Crippen LogP contribution < -0.4 is 5.32 Å². The topological polar surface area (TPSA) is 90.3 Å². The van der Waals surface area contributed by atoms with Gasteiger partial charge in [0.25, 0.3) is 0 Å². The minimum Gasteiger partial charge on any atom is -0.354 e. The first kappa shape index (κ1) is 12.5. The Morgan fingerprint density at radius 3 is 2.83 bits per heavy atom. The Kier molecular flexibility index (Phi) is 3.32. The second-order valence-electron chi connectivity index (χ2n) is 3.83. The molecule has 1 amide bonds. The number of carbonyl (C=O) groups excluding carboxylic acids is 1. The van der Waals surface area contributed by atoms with Gasteiger partial charge in [-0.2, -0.15) is 9.57 Å². The van der Waals surface area contributed by atoms with Crippen molar-refractivity contribution in [3.63, 3.8) is 0 Å². The van der Waals surface area contributed by atoms with E-state index < -0.39 is 10.0 Å². The van der Waals surface area contributed by atoms with Gasteiger partial charge in [0.1, 0.15) is 0 Å². The van der Waals surface area contributed by atoms with Crippen LogP contribution in [0.25, 0.3) is 0 Å². The smallest absolute Gasteiger partial charge is 0.243 e. The Morgan fingerprint density at radius 2 is 2.17 bits per heavy atom. The van der Waals surface area contributed by atoms with Crippen molar-refractivity contribution in [2.45, 2.75) is 4.90 Å². The van der Waals surface area contributed by atoms with Crippen molar-refractivity contribution in [3.8, 4) is 6.07 Å². The second kappa shape index (κ2) is 4.76. The lowest BCUT2D eigenvalue weighted by Gasteiger charge is -2.25. The number of nitrogens with one attached hydrogen (secondary N) is 1. The van der Waals surface area contributed by atoms with E-state index in [9.17, 15) is 13.2 Å². The zero-order valence-corrected chi connectivity index (χ0v) is 10.3. The van der Waals surface area contributed by atoms with E-state index in [1.807, 2.05) is 6.07 Å². The molecule has 94 valence electrons. The van der Waals surface area contributed by atoms with Crippen molar-refractivity contribution >= 4 is 15.9 Å². The maximum Gasteiger partial charge on any atom is 0.243 e. The van der Waals surface area contributed by atoms with Crippen LogP contribution in [0.2, 0.25) is 0 Å². The summed E-state index contributed by atoms with van der Waals surface area (Å²) in [6, 6.07) is 7.65. The van der Waals surface area contributed by atoms with Gasteiger partial charge in [-0.05, 0) is 18.2 Å². The molecule has 7 heteroatoms. The van der Waals surface area contributed by atoms with Crippen molar-refractivity contribution in [2.75, 3.05) is 19.6 Å². The quantitative estimate of drug-likeness (QED) is 0.793. The summed E-state index contributed by atoms with van der Waals surface area (Å²) < 4.78 is 25.6. The van der Waals surface area contributed by atoms with E-state index in [-0.39, 0.29) is 29.5 Å². The lowest BCUT2D eigenvalue weighted by Crippen LogP contribution is -2.49. The predicted octanol–water partition coefficient (Wildman–Crippen LogP) is -0.321. The number of sulfonamides is 1. The highest BCUT2D eigenvalue weighted by Crippen LogP contribution is 2.17. The number of benzene rings is 1. The van der Waals surface area contributed by atoms with E-state index in [1.54, 1.807) is 0 Å². The molecule has 6 nitrogen and oxygen atoms in total. The SMILES string of the molecule is N#Cc1cccc(S(=O)(=O)N2CCNC(=O)C2)c1. The molecule has 1 aromatic carbocycles. The summed E-state index contributed by atoms with van der Waals surface area (Å²) in [6.07, 6.45) is 0. The van der Waals surface area contributed by atoms with Crippen LogP contribution in [-0.4, -0.2) is 38.3 Å². The van der Waals surface area contributed by atoms with Crippen molar-refractivity contribution in [3.05, 3.63) is 29.8 Å². The summed E-state index contributed by atoms with van der Waals surface area (Å²) in [6.45, 7) is 0.361. The molecular formula is C11H11N3O3S. The van der Waals surface area contributed by atoms with Gasteiger partial charge in [-0.1, -0.05) is 6.07 Å². The molecule has 1 aliphatic heterocycles. The zero-order chi connectivity index (χ0) is 13.2. The minimum atomic E-state index is -3.71. The fourth-order valence-electron chi connectivity index (χ4n) is 1.70. The van der Waals surface area contributed by atoms with E-state index in [1.165, 1.54) is 24.3 Å². The number of nitriles is 1. The molecule has 0 saturated carbocycles. The summed E-state index contributed by atoms with van der Waals surface area (Å²) in [5.74, 6) is -0.318. The van der Waals surface area contributed by atoms with E-state index in [0.717, 1.165) is 4.31 Å². The molecule has 1 aliphatic rings. The summed E-state index contributed by atoms with van der Waals surface area (Å²) in [5, 5.41) is 11.3. The second-order valence-corrected chi connectivity index (χ2v) is 5.77. The van der Waals surface area contributed by atoms with E-state index in [2.05, 4.69) is 5.32 Å². The van der Waals surface area contributed by atoms with Crippen LogP contribution in [0.3, 0.4) is 0 Å². The first-order chi connectivity index (χ1) is 8.54. The number of piperazine rings is 1. The van der Waals surface area contributed by atoms with Gasteiger partial charge in [-0.3, -0.25) is 4.79 Å². The Hall–Kier alpha value is -1.91. The van der Waals surface area contributed by atoms with Crippen LogP contribution >= 0.6 is 0 Å². The molecule has 0 radical (unpaired) electrons. The van der Waals surface area contributed by atoms with Crippen LogP contribution in [0.5, 0.6) is 0 Å². The fourth-order valence-corrected chi connectivity index (χ4v) is 3.14. The third-order valence-corrected chi connectivity index (χ3v) is 4.45. The van der Waals surface area contributed by atoms with Gasteiger partial charge >= 0.3 is 0 Å². The lowest BCUT2D eigenvalue weighted by molar-refractivity contribution is -0.122. The summed E-state index contributed by atoms with van der Waals surface area (Å²) >= 11 is 0. The van der Waals surface area contributed by atoms with E-state index in [4.69, 9.17) is 5.26 Å². The molecule has 0 aromatic heterocycles. The van der Waals surface area contributed by atoms with Crippen LogP contribution in [0.1, 0.15) is 5.56 Å². The molecule has 0 unspecified atom stereocenters. The Balaban J connectivity index is 2.35. The third kappa shape index (κ3) is 2.34. The van der Waals surface area contributed by atoms with Gasteiger partial charge in [0.15, 0.2) is 0 Å². The highest BCUT2D eigenvalue weighted by molar-refractivity contribution is 7.89. The molecular weight excluding hydrogens is 254 g/mol. The molecule has 0 spiro atoms. The number of hydrogen-bond acceptors (Lipinski definition) is 4. The first-order valence-electron chi connectivity index (χ1n) is 5.31. The van der Waals surface area contributed by atoms with Gasteiger partial charge in [0.05, 0.1) is 23.1 Å². The normalized spacial score (nSPS) is 16.9. The molecule has 0 atom stereocenters. The van der Waals surface area contributed by atoms with Gasteiger partial charge in [-0.15, -0.1) is 0 Å². The van der Waals surface area contributed by atoms with E-state index >= 15 is 0 Å². The van der Waals surface area contributed by atoms with Crippen molar-refractivity contribution < 1.29 is 13.2 Å². The maximum absolute atomic E-state index is 12.2. The first-order valence-corrected chi connectivity index (χ1v) is 6.75. The van der Waals surface area contributed by atoms with Crippen LogP contribution in [-0.2, 0) is 14.8 Å². The van der Waals surface area contributed by atoms with Gasteiger partial charge in [0.2, 0.25) is 15.9 Å². The molecule has 1 heterocycles. The van der Waals surface area contributed by atoms with Crippen LogP contribution in [0.15, 0.2) is 29.2 Å². The largest absolute Gasteiger partial charge is 0.354 e. The number of carbonyl (C=O) groups is 1. The summed E-state index contributed by atoms with van der Waals surface area (Å²) in [4.78, 5) is 11.2. The molecule has 1 aromatic rings. The van der Waals surface area contributed by atoms with Gasteiger partial charge in [0, 0.05) is 13.1 Å². The fraction of sp³-hybridized carbons (Fsp3) is 0.273. The van der Waals surface area contributed by atoms with E-state index in [0.29, 0.717) is 6.54 Å². The van der Waals surface area contributed by atoms with Crippen molar-refractivity contribution in [2.24, 2.45) is 0 Å². The highest BCUT2D eigenvalue weighted by atomic mass is 32.2. The Labute approximate surface area is 105 Å². The summed E-state index contributed by atoms with van der Waals surface area (Å²) in [7, 11) is -3.71. The Bertz CT molecular complexity index is 619. The molecule has 0 aliphatic carbocycles.